The van der Waals surface area contributed by atoms with Crippen molar-refractivity contribution < 1.29 is 17.6 Å². The lowest BCUT2D eigenvalue weighted by atomic mass is 10.2. The predicted octanol–water partition coefficient (Wildman–Crippen LogP) is 4.28. The summed E-state index contributed by atoms with van der Waals surface area (Å²) >= 11 is 0. The SMILES string of the molecule is Cc1cc([N-]S(=O)(=O)c2ccc(NC(=O)C=Cc3ccc(F)cc3)cc2)nc(C)n1. The summed E-state index contributed by atoms with van der Waals surface area (Å²) in [5.41, 5.74) is 1.70. The molecule has 0 aliphatic heterocycles. The summed E-state index contributed by atoms with van der Waals surface area (Å²) in [7, 11) is -3.96. The van der Waals surface area contributed by atoms with Gasteiger partial charge in [-0.2, -0.15) is 0 Å². The number of aromatic nitrogens is 2. The first-order valence-corrected chi connectivity index (χ1v) is 10.3. The van der Waals surface area contributed by atoms with Crippen molar-refractivity contribution in [2.24, 2.45) is 0 Å². The van der Waals surface area contributed by atoms with Gasteiger partial charge >= 0.3 is 0 Å². The van der Waals surface area contributed by atoms with Gasteiger partial charge in [0.25, 0.3) is 0 Å². The summed E-state index contributed by atoms with van der Waals surface area (Å²) in [4.78, 5) is 20.1. The molecule has 154 valence electrons. The zero-order valence-electron chi connectivity index (χ0n) is 16.2. The molecule has 0 aliphatic carbocycles. The zero-order chi connectivity index (χ0) is 21.7. The molecule has 1 N–H and O–H groups in total. The first-order valence-electron chi connectivity index (χ1n) is 8.86. The van der Waals surface area contributed by atoms with Crippen molar-refractivity contribution in [1.29, 1.82) is 0 Å². The van der Waals surface area contributed by atoms with E-state index < -0.39 is 15.9 Å². The Hall–Kier alpha value is -3.59. The fourth-order valence-corrected chi connectivity index (χ4v) is 3.49. The van der Waals surface area contributed by atoms with Gasteiger partial charge in [-0.15, -0.1) is 0 Å². The van der Waals surface area contributed by atoms with Gasteiger partial charge in [0.2, 0.25) is 15.9 Å². The summed E-state index contributed by atoms with van der Waals surface area (Å²) in [6.07, 6.45) is 2.84. The van der Waals surface area contributed by atoms with Crippen molar-refractivity contribution in [2.75, 3.05) is 5.32 Å². The number of hydrogen-bond acceptors (Lipinski definition) is 5. The third kappa shape index (κ3) is 5.71. The van der Waals surface area contributed by atoms with Crippen LogP contribution in [0.1, 0.15) is 17.1 Å². The number of carbonyl (C=O) groups is 1. The minimum absolute atomic E-state index is 0.0312. The Labute approximate surface area is 173 Å². The maximum absolute atomic E-state index is 12.9. The van der Waals surface area contributed by atoms with Crippen LogP contribution in [0.15, 0.2) is 65.6 Å². The van der Waals surface area contributed by atoms with Crippen molar-refractivity contribution in [3.05, 3.63) is 88.3 Å². The van der Waals surface area contributed by atoms with Crippen LogP contribution in [0, 0.1) is 19.7 Å². The number of anilines is 1. The van der Waals surface area contributed by atoms with E-state index >= 15 is 0 Å². The number of amides is 1. The van der Waals surface area contributed by atoms with E-state index in [1.165, 1.54) is 54.6 Å². The highest BCUT2D eigenvalue weighted by molar-refractivity contribution is 7.94. The van der Waals surface area contributed by atoms with Crippen LogP contribution in [-0.2, 0) is 14.8 Å². The number of sulfonamides is 1. The van der Waals surface area contributed by atoms with Crippen LogP contribution in [0.2, 0.25) is 0 Å². The van der Waals surface area contributed by atoms with Gasteiger partial charge in [-0.1, -0.05) is 12.1 Å². The number of benzene rings is 2. The predicted molar refractivity (Wildman–Crippen MR) is 112 cm³/mol. The van der Waals surface area contributed by atoms with Gasteiger partial charge in [-0.25, -0.2) is 12.8 Å². The van der Waals surface area contributed by atoms with Gasteiger partial charge in [0.05, 0.1) is 4.90 Å². The van der Waals surface area contributed by atoms with Crippen LogP contribution in [0.3, 0.4) is 0 Å². The second kappa shape index (κ2) is 8.83. The van der Waals surface area contributed by atoms with E-state index in [1.54, 1.807) is 26.0 Å². The molecule has 1 heterocycles. The Morgan fingerprint density at radius 1 is 1.03 bits per heavy atom. The number of rotatable bonds is 6. The van der Waals surface area contributed by atoms with Crippen LogP contribution in [0.4, 0.5) is 15.9 Å². The molecule has 0 radical (unpaired) electrons. The molecule has 0 saturated carbocycles. The van der Waals surface area contributed by atoms with E-state index in [0.29, 0.717) is 22.8 Å². The number of carbonyl (C=O) groups excluding carboxylic acids is 1. The van der Waals surface area contributed by atoms with E-state index in [9.17, 15) is 17.6 Å². The lowest BCUT2D eigenvalue weighted by molar-refractivity contribution is -0.111. The minimum Gasteiger partial charge on any atom is -0.423 e. The molecule has 0 atom stereocenters. The number of hydrogen-bond donors (Lipinski definition) is 1. The molecule has 0 unspecified atom stereocenters. The highest BCUT2D eigenvalue weighted by atomic mass is 32.2. The highest BCUT2D eigenvalue weighted by Crippen LogP contribution is 2.27. The maximum Gasteiger partial charge on any atom is 0.248 e. The smallest absolute Gasteiger partial charge is 0.248 e. The molecule has 9 heteroatoms. The highest BCUT2D eigenvalue weighted by Gasteiger charge is 2.10. The molecule has 0 spiro atoms. The molecule has 1 amide bonds. The third-order valence-electron chi connectivity index (χ3n) is 3.88. The summed E-state index contributed by atoms with van der Waals surface area (Å²) in [5, 5.41) is 2.62. The van der Waals surface area contributed by atoms with Crippen molar-refractivity contribution >= 4 is 33.5 Å². The van der Waals surface area contributed by atoms with E-state index in [2.05, 4.69) is 20.0 Å². The van der Waals surface area contributed by atoms with Crippen LogP contribution >= 0.6 is 0 Å². The van der Waals surface area contributed by atoms with Crippen LogP contribution < -0.4 is 5.32 Å². The number of halogens is 1. The fourth-order valence-electron chi connectivity index (χ4n) is 2.56. The lowest BCUT2D eigenvalue weighted by Gasteiger charge is -2.17. The Bertz CT molecular complexity index is 1170. The average Bonchev–Trinajstić information content (AvgIpc) is 2.67. The number of aryl methyl sites for hydroxylation is 2. The van der Waals surface area contributed by atoms with Crippen molar-refractivity contribution in [1.82, 2.24) is 9.97 Å². The molecule has 3 rings (SSSR count). The van der Waals surface area contributed by atoms with Crippen molar-refractivity contribution in [3.63, 3.8) is 0 Å². The molecule has 30 heavy (non-hydrogen) atoms. The first kappa shape index (κ1) is 21.1. The number of nitrogens with one attached hydrogen (secondary N) is 1. The minimum atomic E-state index is -3.96. The lowest BCUT2D eigenvalue weighted by Crippen LogP contribution is -2.08. The van der Waals surface area contributed by atoms with Gasteiger partial charge in [0.1, 0.15) is 5.82 Å². The standard InChI is InChI=1S/C21H19FN4O3S/c1-14-13-20(24-15(2)23-14)26-30(28,29)19-10-8-18(9-11-19)25-21(27)12-5-16-3-6-17(22)7-4-16/h3-13H,1-2H3,(H2,23,24,25,26,27)/p-1. The second-order valence-corrected chi connectivity index (χ2v) is 7.98. The Balaban J connectivity index is 1.66. The second-order valence-electron chi connectivity index (χ2n) is 6.38. The largest absolute Gasteiger partial charge is 0.423 e. The third-order valence-corrected chi connectivity index (χ3v) is 5.18. The van der Waals surface area contributed by atoms with Gasteiger partial charge < -0.3 is 15.0 Å². The van der Waals surface area contributed by atoms with Crippen LogP contribution in [0.5, 0.6) is 0 Å². The Morgan fingerprint density at radius 2 is 1.70 bits per heavy atom. The summed E-state index contributed by atoms with van der Waals surface area (Å²) in [6, 6.07) is 12.8. The van der Waals surface area contributed by atoms with Gasteiger partial charge in [0.15, 0.2) is 0 Å². The molecular formula is C21H18FN4O3S-. The van der Waals surface area contributed by atoms with Crippen molar-refractivity contribution in [2.45, 2.75) is 18.7 Å². The van der Waals surface area contributed by atoms with Crippen LogP contribution in [-0.4, -0.2) is 24.3 Å². The molecule has 0 bridgehead atoms. The molecule has 1 aromatic heterocycles. The van der Waals surface area contributed by atoms with E-state index in [4.69, 9.17) is 0 Å². The summed E-state index contributed by atoms with van der Waals surface area (Å²) in [5.74, 6) is -0.283. The van der Waals surface area contributed by atoms with Gasteiger partial charge in [0, 0.05) is 23.3 Å². The first-order chi connectivity index (χ1) is 14.2. The van der Waals surface area contributed by atoms with Gasteiger partial charge in [-0.05, 0) is 73.8 Å². The molecule has 2 aromatic carbocycles. The summed E-state index contributed by atoms with van der Waals surface area (Å²) < 4.78 is 41.6. The average molecular weight is 425 g/mol. The van der Waals surface area contributed by atoms with Crippen LogP contribution in [0.25, 0.3) is 10.8 Å². The Kier molecular flexibility index (Phi) is 6.22. The molecule has 0 saturated heterocycles. The quantitative estimate of drug-likeness (QED) is 0.594. The topological polar surface area (TPSA) is 103 Å². The van der Waals surface area contributed by atoms with E-state index in [-0.39, 0.29) is 16.5 Å². The van der Waals surface area contributed by atoms with Gasteiger partial charge in [-0.3, -0.25) is 9.78 Å². The Morgan fingerprint density at radius 3 is 2.33 bits per heavy atom. The number of nitrogens with zero attached hydrogens (tertiary/aromatic N) is 3. The maximum atomic E-state index is 12.9. The summed E-state index contributed by atoms with van der Waals surface area (Å²) in [6.45, 7) is 3.38. The molecular weight excluding hydrogens is 407 g/mol. The zero-order valence-corrected chi connectivity index (χ0v) is 17.0. The normalized spacial score (nSPS) is 11.4. The fraction of sp³-hybridized carbons (Fsp3) is 0.0952. The van der Waals surface area contributed by atoms with E-state index in [1.807, 2.05) is 0 Å². The van der Waals surface area contributed by atoms with Crippen molar-refractivity contribution in [3.8, 4) is 0 Å². The molecule has 0 aliphatic rings. The molecule has 3 aromatic rings. The molecule has 7 nitrogen and oxygen atoms in total. The van der Waals surface area contributed by atoms with E-state index in [0.717, 1.165) is 0 Å². The monoisotopic (exact) mass is 425 g/mol. The molecule has 0 fully saturated rings.